The number of carbonyl (C=O) groups is 2. The summed E-state index contributed by atoms with van der Waals surface area (Å²) in [5.41, 5.74) is 1.26. The second-order valence-corrected chi connectivity index (χ2v) is 6.80. The van der Waals surface area contributed by atoms with Crippen molar-refractivity contribution in [1.29, 1.82) is 0 Å². The largest absolute Gasteiger partial charge is 0.478 e. The van der Waals surface area contributed by atoms with Gasteiger partial charge in [0.2, 0.25) is 0 Å². The Hall–Kier alpha value is -4.56. The highest BCUT2D eigenvalue weighted by Crippen LogP contribution is 2.25. The lowest BCUT2D eigenvalue weighted by Gasteiger charge is -2.08. The Labute approximate surface area is 178 Å². The van der Waals surface area contributed by atoms with Gasteiger partial charge in [-0.2, -0.15) is 0 Å². The molecule has 0 unspecified atom stereocenters. The van der Waals surface area contributed by atoms with Crippen LogP contribution in [0.5, 0.6) is 11.5 Å². The average molecular weight is 408 g/mol. The smallest absolute Gasteiger partial charge is 0.335 e. The zero-order valence-electron chi connectivity index (χ0n) is 16.2. The van der Waals surface area contributed by atoms with Gasteiger partial charge in [0.25, 0.3) is 0 Å². The normalized spacial score (nSPS) is 10.2. The summed E-state index contributed by atoms with van der Waals surface area (Å²) >= 11 is 0. The van der Waals surface area contributed by atoms with Gasteiger partial charge < -0.3 is 14.9 Å². The number of carboxylic acid groups (broad SMARTS) is 2. The van der Waals surface area contributed by atoms with Gasteiger partial charge in [0.1, 0.15) is 11.5 Å². The molecule has 31 heavy (non-hydrogen) atoms. The number of fused-ring (bicyclic) bond motifs is 1. The van der Waals surface area contributed by atoms with Crippen LogP contribution in [0.2, 0.25) is 0 Å². The van der Waals surface area contributed by atoms with E-state index < -0.39 is 11.9 Å². The van der Waals surface area contributed by atoms with Gasteiger partial charge in [-0.05, 0) is 59.3 Å². The van der Waals surface area contributed by atoms with Crippen LogP contribution in [0.25, 0.3) is 10.8 Å². The molecule has 0 fully saturated rings. The topological polar surface area (TPSA) is 83.8 Å². The number of rotatable bonds is 4. The Morgan fingerprint density at radius 3 is 1.94 bits per heavy atom. The molecule has 0 amide bonds. The van der Waals surface area contributed by atoms with Crippen LogP contribution in [0, 0.1) is 11.8 Å². The van der Waals surface area contributed by atoms with Crippen LogP contribution in [0.3, 0.4) is 0 Å². The number of aromatic carboxylic acids is 2. The first kappa shape index (κ1) is 19.7. The summed E-state index contributed by atoms with van der Waals surface area (Å²) in [5.74, 6) is 4.30. The van der Waals surface area contributed by atoms with Crippen molar-refractivity contribution in [1.82, 2.24) is 0 Å². The SMILES string of the molecule is O=C(O)c1cc(Oc2cccc(C#Cc3ccc4ccccc4c3)c2)cc(C(=O)O)c1. The highest BCUT2D eigenvalue weighted by atomic mass is 16.5. The molecule has 0 aromatic heterocycles. The first-order valence-electron chi connectivity index (χ1n) is 9.38. The summed E-state index contributed by atoms with van der Waals surface area (Å²) in [6, 6.07) is 24.7. The van der Waals surface area contributed by atoms with Crippen molar-refractivity contribution in [3.63, 3.8) is 0 Å². The van der Waals surface area contributed by atoms with E-state index in [-0.39, 0.29) is 16.9 Å². The molecule has 4 aromatic carbocycles. The first-order valence-corrected chi connectivity index (χ1v) is 9.38. The van der Waals surface area contributed by atoms with Gasteiger partial charge in [-0.1, -0.05) is 48.2 Å². The van der Waals surface area contributed by atoms with E-state index in [9.17, 15) is 19.8 Å². The van der Waals surface area contributed by atoms with Gasteiger partial charge in [-0.15, -0.1) is 0 Å². The number of ether oxygens (including phenoxy) is 1. The number of carboxylic acids is 2. The van der Waals surface area contributed by atoms with Crippen LogP contribution in [-0.4, -0.2) is 22.2 Å². The summed E-state index contributed by atoms with van der Waals surface area (Å²) in [6.07, 6.45) is 0. The van der Waals surface area contributed by atoms with Crippen LogP contribution in [-0.2, 0) is 0 Å². The van der Waals surface area contributed by atoms with Crippen LogP contribution in [0.4, 0.5) is 0 Å². The monoisotopic (exact) mass is 408 g/mol. The van der Waals surface area contributed by atoms with Gasteiger partial charge in [0, 0.05) is 11.1 Å². The molecule has 0 heterocycles. The fraction of sp³-hybridized carbons (Fsp3) is 0. The van der Waals surface area contributed by atoms with Crippen molar-refractivity contribution in [3.05, 3.63) is 107 Å². The van der Waals surface area contributed by atoms with Crippen LogP contribution in [0.1, 0.15) is 31.8 Å². The van der Waals surface area contributed by atoms with E-state index >= 15 is 0 Å². The first-order chi connectivity index (χ1) is 15.0. The van der Waals surface area contributed by atoms with E-state index in [1.807, 2.05) is 48.5 Å². The summed E-state index contributed by atoms with van der Waals surface area (Å²) in [7, 11) is 0. The Kier molecular flexibility index (Phi) is 5.37. The maximum absolute atomic E-state index is 11.3. The van der Waals surface area contributed by atoms with Gasteiger partial charge >= 0.3 is 11.9 Å². The third-order valence-electron chi connectivity index (χ3n) is 4.57. The van der Waals surface area contributed by atoms with E-state index in [0.717, 1.165) is 22.4 Å². The molecule has 0 spiro atoms. The highest BCUT2D eigenvalue weighted by Gasteiger charge is 2.12. The van der Waals surface area contributed by atoms with Crippen molar-refractivity contribution in [3.8, 4) is 23.3 Å². The molecule has 0 saturated heterocycles. The lowest BCUT2D eigenvalue weighted by molar-refractivity contribution is 0.0696. The zero-order valence-corrected chi connectivity index (χ0v) is 16.2. The van der Waals surface area contributed by atoms with E-state index in [2.05, 4.69) is 11.8 Å². The average Bonchev–Trinajstić information content (AvgIpc) is 2.77. The molecule has 5 nitrogen and oxygen atoms in total. The molecule has 5 heteroatoms. The number of benzene rings is 4. The van der Waals surface area contributed by atoms with E-state index in [1.54, 1.807) is 18.2 Å². The van der Waals surface area contributed by atoms with E-state index in [1.165, 1.54) is 12.1 Å². The number of hydrogen-bond acceptors (Lipinski definition) is 3. The number of hydrogen-bond donors (Lipinski definition) is 2. The van der Waals surface area contributed by atoms with Crippen LogP contribution in [0.15, 0.2) is 84.9 Å². The van der Waals surface area contributed by atoms with Crippen LogP contribution < -0.4 is 4.74 Å². The molecule has 0 bridgehead atoms. The molecule has 4 aromatic rings. The molecule has 0 radical (unpaired) electrons. The maximum atomic E-state index is 11.3. The molecule has 4 rings (SSSR count). The zero-order chi connectivity index (χ0) is 21.8. The molecule has 0 aliphatic rings. The minimum atomic E-state index is -1.23. The summed E-state index contributed by atoms with van der Waals surface area (Å²) in [6.45, 7) is 0. The Morgan fingerprint density at radius 1 is 0.613 bits per heavy atom. The summed E-state index contributed by atoms with van der Waals surface area (Å²) in [4.78, 5) is 22.5. The van der Waals surface area contributed by atoms with Crippen LogP contribution >= 0.6 is 0 Å². The third kappa shape index (κ3) is 4.72. The molecule has 0 saturated carbocycles. The molecule has 150 valence electrons. The Morgan fingerprint density at radius 2 is 1.26 bits per heavy atom. The van der Waals surface area contributed by atoms with Crippen molar-refractivity contribution < 1.29 is 24.5 Å². The van der Waals surface area contributed by atoms with Gasteiger partial charge in [0.05, 0.1) is 11.1 Å². The highest BCUT2D eigenvalue weighted by molar-refractivity contribution is 5.94. The molecule has 0 aliphatic heterocycles. The van der Waals surface area contributed by atoms with Gasteiger partial charge in [0.15, 0.2) is 0 Å². The minimum absolute atomic E-state index is 0.122. The summed E-state index contributed by atoms with van der Waals surface area (Å²) < 4.78 is 5.72. The lowest BCUT2D eigenvalue weighted by Crippen LogP contribution is -2.03. The predicted octanol–water partition coefficient (Wildman–Crippen LogP) is 5.43. The Balaban J connectivity index is 1.60. The standard InChI is InChI=1S/C26H16O5/c27-25(28)21-14-22(26(29)30)16-24(15-21)31-23-7-3-4-17(13-23)8-9-18-10-11-19-5-1-2-6-20(19)12-18/h1-7,10-16H,(H,27,28)(H,29,30). The second kappa shape index (κ2) is 8.44. The lowest BCUT2D eigenvalue weighted by atomic mass is 10.1. The van der Waals surface area contributed by atoms with E-state index in [0.29, 0.717) is 11.3 Å². The Bertz CT molecular complexity index is 1340. The predicted molar refractivity (Wildman–Crippen MR) is 117 cm³/mol. The van der Waals surface area contributed by atoms with Crippen molar-refractivity contribution in [2.24, 2.45) is 0 Å². The molecular formula is C26H16O5. The van der Waals surface area contributed by atoms with E-state index in [4.69, 9.17) is 4.74 Å². The van der Waals surface area contributed by atoms with Gasteiger partial charge in [-0.25, -0.2) is 9.59 Å². The fourth-order valence-electron chi connectivity index (χ4n) is 3.09. The van der Waals surface area contributed by atoms with Crippen molar-refractivity contribution >= 4 is 22.7 Å². The second-order valence-electron chi connectivity index (χ2n) is 6.80. The minimum Gasteiger partial charge on any atom is -0.478 e. The van der Waals surface area contributed by atoms with Crippen molar-refractivity contribution in [2.45, 2.75) is 0 Å². The molecule has 2 N–H and O–H groups in total. The fourth-order valence-corrected chi connectivity index (χ4v) is 3.09. The molecule has 0 aliphatic carbocycles. The van der Waals surface area contributed by atoms with Gasteiger partial charge in [-0.3, -0.25) is 0 Å². The molecular weight excluding hydrogens is 392 g/mol. The quantitative estimate of drug-likeness (QED) is 0.440. The maximum Gasteiger partial charge on any atom is 0.335 e. The molecule has 0 atom stereocenters. The summed E-state index contributed by atoms with van der Waals surface area (Å²) in [5, 5.41) is 20.7. The third-order valence-corrected chi connectivity index (χ3v) is 4.57. The van der Waals surface area contributed by atoms with Crippen molar-refractivity contribution in [2.75, 3.05) is 0 Å².